The number of carbonyl (C=O) groups is 1. The molecule has 7 heteroatoms. The molecule has 1 heterocycles. The van der Waals surface area contributed by atoms with Gasteiger partial charge in [0, 0.05) is 20.1 Å². The van der Waals surface area contributed by atoms with Crippen molar-refractivity contribution in [1.29, 1.82) is 0 Å². The van der Waals surface area contributed by atoms with Gasteiger partial charge in [0.2, 0.25) is 5.95 Å². The molecule has 0 spiro atoms. The lowest BCUT2D eigenvalue weighted by molar-refractivity contribution is -0.133. The van der Waals surface area contributed by atoms with Crippen LogP contribution in [-0.4, -0.2) is 45.2 Å². The SMILES string of the molecule is CCn1c(SCC(=O)O)nnc1N(C)CC(C)C. The molecule has 0 aliphatic carbocycles. The maximum Gasteiger partial charge on any atom is 0.313 e. The third-order valence-corrected chi connectivity index (χ3v) is 3.27. The number of aliphatic carboxylic acids is 1. The van der Waals surface area contributed by atoms with Crippen molar-refractivity contribution in [3.05, 3.63) is 0 Å². The zero-order valence-electron chi connectivity index (χ0n) is 11.3. The molecule has 0 saturated heterocycles. The molecule has 0 atom stereocenters. The van der Waals surface area contributed by atoms with Gasteiger partial charge in [0.15, 0.2) is 5.16 Å². The minimum absolute atomic E-state index is 0.00598. The molecule has 0 unspecified atom stereocenters. The summed E-state index contributed by atoms with van der Waals surface area (Å²) in [4.78, 5) is 12.6. The van der Waals surface area contributed by atoms with E-state index in [1.165, 1.54) is 11.8 Å². The summed E-state index contributed by atoms with van der Waals surface area (Å²) in [7, 11) is 1.97. The number of thioether (sulfide) groups is 1. The second kappa shape index (κ2) is 6.63. The maximum atomic E-state index is 10.6. The third-order valence-electron chi connectivity index (χ3n) is 2.32. The summed E-state index contributed by atoms with van der Waals surface area (Å²) in [6.45, 7) is 7.90. The standard InChI is InChI=1S/C11H20N4O2S/c1-5-15-10(14(4)6-8(2)3)12-13-11(15)18-7-9(16)17/h8H,5-7H2,1-4H3,(H,16,17). The topological polar surface area (TPSA) is 71.2 Å². The van der Waals surface area contributed by atoms with E-state index in [1.54, 1.807) is 0 Å². The Morgan fingerprint density at radius 2 is 2.17 bits per heavy atom. The highest BCUT2D eigenvalue weighted by atomic mass is 32.2. The molecule has 1 aromatic heterocycles. The average Bonchev–Trinajstić information content (AvgIpc) is 2.67. The first-order valence-electron chi connectivity index (χ1n) is 5.94. The number of hydrogen-bond acceptors (Lipinski definition) is 5. The van der Waals surface area contributed by atoms with Crippen molar-refractivity contribution in [3.8, 4) is 0 Å². The highest BCUT2D eigenvalue weighted by Gasteiger charge is 2.16. The number of rotatable bonds is 7. The number of anilines is 1. The molecule has 0 radical (unpaired) electrons. The first-order chi connectivity index (χ1) is 8.45. The monoisotopic (exact) mass is 272 g/mol. The summed E-state index contributed by atoms with van der Waals surface area (Å²) in [5.74, 6) is 0.486. The van der Waals surface area contributed by atoms with E-state index in [0.717, 1.165) is 19.0 Å². The Hall–Kier alpha value is -1.24. The number of aromatic nitrogens is 3. The summed E-state index contributed by atoms with van der Waals surface area (Å²) in [6.07, 6.45) is 0. The summed E-state index contributed by atoms with van der Waals surface area (Å²) < 4.78 is 1.94. The van der Waals surface area contributed by atoms with Gasteiger partial charge in [0.05, 0.1) is 5.75 Å². The predicted octanol–water partition coefficient (Wildman–Crippen LogP) is 1.57. The Labute approximate surface area is 111 Å². The lowest BCUT2D eigenvalue weighted by Gasteiger charge is -2.20. The molecule has 18 heavy (non-hydrogen) atoms. The molecule has 1 rings (SSSR count). The van der Waals surface area contributed by atoms with E-state index in [9.17, 15) is 4.79 Å². The van der Waals surface area contributed by atoms with E-state index >= 15 is 0 Å². The lowest BCUT2D eigenvalue weighted by Crippen LogP contribution is -2.25. The quantitative estimate of drug-likeness (QED) is 0.760. The highest BCUT2D eigenvalue weighted by molar-refractivity contribution is 7.99. The van der Waals surface area contributed by atoms with Crippen molar-refractivity contribution >= 4 is 23.7 Å². The van der Waals surface area contributed by atoms with E-state index < -0.39 is 5.97 Å². The maximum absolute atomic E-state index is 10.6. The van der Waals surface area contributed by atoms with Gasteiger partial charge >= 0.3 is 5.97 Å². The molecule has 6 nitrogen and oxygen atoms in total. The van der Waals surface area contributed by atoms with Crippen LogP contribution in [0.5, 0.6) is 0 Å². The fourth-order valence-corrected chi connectivity index (χ4v) is 2.42. The normalized spacial score (nSPS) is 10.9. The first kappa shape index (κ1) is 14.8. The molecule has 0 fully saturated rings. The number of hydrogen-bond donors (Lipinski definition) is 1. The second-order valence-corrected chi connectivity index (χ2v) is 5.43. The molecule has 0 aliphatic heterocycles. The number of carboxylic acids is 1. The van der Waals surface area contributed by atoms with Crippen LogP contribution in [0.15, 0.2) is 5.16 Å². The van der Waals surface area contributed by atoms with Crippen molar-refractivity contribution in [2.45, 2.75) is 32.5 Å². The van der Waals surface area contributed by atoms with E-state index in [4.69, 9.17) is 5.11 Å². The Morgan fingerprint density at radius 3 is 2.67 bits per heavy atom. The van der Waals surface area contributed by atoms with Gasteiger partial charge in [-0.1, -0.05) is 25.6 Å². The van der Waals surface area contributed by atoms with Crippen LogP contribution in [0.25, 0.3) is 0 Å². The van der Waals surface area contributed by atoms with Crippen LogP contribution in [0, 0.1) is 5.92 Å². The van der Waals surface area contributed by atoms with Gasteiger partial charge in [-0.25, -0.2) is 0 Å². The highest BCUT2D eigenvalue weighted by Crippen LogP contribution is 2.21. The molecule has 0 aliphatic rings. The molecular weight excluding hydrogens is 252 g/mol. The molecule has 102 valence electrons. The van der Waals surface area contributed by atoms with Crippen LogP contribution < -0.4 is 4.90 Å². The first-order valence-corrected chi connectivity index (χ1v) is 6.93. The van der Waals surface area contributed by atoms with Gasteiger partial charge in [-0.15, -0.1) is 10.2 Å². The molecule has 0 amide bonds. The summed E-state index contributed by atoms with van der Waals surface area (Å²) in [6, 6.07) is 0. The Kier molecular flexibility index (Phi) is 5.46. The molecule has 0 aromatic carbocycles. The predicted molar refractivity (Wildman–Crippen MR) is 72.2 cm³/mol. The van der Waals surface area contributed by atoms with Crippen LogP contribution in [0.2, 0.25) is 0 Å². The zero-order chi connectivity index (χ0) is 13.7. The second-order valence-electron chi connectivity index (χ2n) is 4.48. The van der Waals surface area contributed by atoms with Crippen LogP contribution in [0.3, 0.4) is 0 Å². The third kappa shape index (κ3) is 3.90. The van der Waals surface area contributed by atoms with Crippen molar-refractivity contribution in [2.24, 2.45) is 5.92 Å². The van der Waals surface area contributed by atoms with Crippen molar-refractivity contribution in [3.63, 3.8) is 0 Å². The molecule has 1 N–H and O–H groups in total. The van der Waals surface area contributed by atoms with E-state index in [0.29, 0.717) is 11.1 Å². The molecule has 1 aromatic rings. The van der Waals surface area contributed by atoms with Gasteiger partial charge in [0.25, 0.3) is 0 Å². The van der Waals surface area contributed by atoms with Crippen molar-refractivity contribution in [1.82, 2.24) is 14.8 Å². The molecule has 0 saturated carbocycles. The minimum Gasteiger partial charge on any atom is -0.481 e. The van der Waals surface area contributed by atoms with Gasteiger partial charge in [0.1, 0.15) is 0 Å². The van der Waals surface area contributed by atoms with Crippen LogP contribution >= 0.6 is 11.8 Å². The smallest absolute Gasteiger partial charge is 0.313 e. The fourth-order valence-electron chi connectivity index (χ4n) is 1.70. The zero-order valence-corrected chi connectivity index (χ0v) is 12.1. The molecule has 0 bridgehead atoms. The van der Waals surface area contributed by atoms with Gasteiger partial charge in [-0.05, 0) is 12.8 Å². The summed E-state index contributed by atoms with van der Waals surface area (Å²) in [5.41, 5.74) is 0. The number of carboxylic acid groups (broad SMARTS) is 1. The Morgan fingerprint density at radius 1 is 1.50 bits per heavy atom. The summed E-state index contributed by atoms with van der Waals surface area (Å²) in [5, 5.41) is 17.5. The van der Waals surface area contributed by atoms with Gasteiger partial charge in [-0.3, -0.25) is 9.36 Å². The fraction of sp³-hybridized carbons (Fsp3) is 0.727. The largest absolute Gasteiger partial charge is 0.481 e. The van der Waals surface area contributed by atoms with Gasteiger partial charge < -0.3 is 10.0 Å². The van der Waals surface area contributed by atoms with E-state index in [-0.39, 0.29) is 5.75 Å². The minimum atomic E-state index is -0.845. The summed E-state index contributed by atoms with van der Waals surface area (Å²) >= 11 is 1.20. The van der Waals surface area contributed by atoms with Crippen LogP contribution in [-0.2, 0) is 11.3 Å². The Bertz CT molecular complexity index is 406. The van der Waals surface area contributed by atoms with Crippen LogP contribution in [0.4, 0.5) is 5.95 Å². The van der Waals surface area contributed by atoms with Gasteiger partial charge in [-0.2, -0.15) is 0 Å². The average molecular weight is 272 g/mol. The van der Waals surface area contributed by atoms with Crippen molar-refractivity contribution in [2.75, 3.05) is 24.2 Å². The van der Waals surface area contributed by atoms with Crippen LogP contribution in [0.1, 0.15) is 20.8 Å². The van der Waals surface area contributed by atoms with E-state index in [1.807, 2.05) is 23.4 Å². The lowest BCUT2D eigenvalue weighted by atomic mass is 10.2. The number of nitrogens with zero attached hydrogens (tertiary/aromatic N) is 4. The van der Waals surface area contributed by atoms with E-state index in [2.05, 4.69) is 24.0 Å². The van der Waals surface area contributed by atoms with Crippen molar-refractivity contribution < 1.29 is 9.90 Å². The Balaban J connectivity index is 2.83. The molecular formula is C11H20N4O2S.